The van der Waals surface area contributed by atoms with Crippen LogP contribution in [0.2, 0.25) is 0 Å². The van der Waals surface area contributed by atoms with Gasteiger partial charge in [-0.3, -0.25) is 9.59 Å². The number of hydrogen-bond donors (Lipinski definition) is 0. The maximum Gasteiger partial charge on any atom is 0.306 e. The standard InChI is InChI=1S/C24H46O4/c1-6-22(19-24(26)28-18-16-21(4)5)13-11-9-7-8-10-12-14-23(25)27-17-15-20(2)3/h20-22H,6-19H2,1-5H3. The number of esters is 2. The summed E-state index contributed by atoms with van der Waals surface area (Å²) >= 11 is 0. The molecule has 0 aromatic carbocycles. The Labute approximate surface area is 174 Å². The molecule has 166 valence electrons. The van der Waals surface area contributed by atoms with Gasteiger partial charge in [0.1, 0.15) is 0 Å². The Morgan fingerprint density at radius 1 is 0.679 bits per heavy atom. The van der Waals surface area contributed by atoms with Crippen molar-refractivity contribution >= 4 is 11.9 Å². The number of rotatable bonds is 18. The van der Waals surface area contributed by atoms with Gasteiger partial charge in [-0.2, -0.15) is 0 Å². The van der Waals surface area contributed by atoms with Crippen LogP contribution in [0.3, 0.4) is 0 Å². The van der Waals surface area contributed by atoms with Gasteiger partial charge in [0, 0.05) is 12.8 Å². The molecule has 28 heavy (non-hydrogen) atoms. The molecule has 0 bridgehead atoms. The van der Waals surface area contributed by atoms with Gasteiger partial charge < -0.3 is 9.47 Å². The van der Waals surface area contributed by atoms with Gasteiger partial charge in [0.2, 0.25) is 0 Å². The predicted molar refractivity (Wildman–Crippen MR) is 116 cm³/mol. The summed E-state index contributed by atoms with van der Waals surface area (Å²) in [6.45, 7) is 11.8. The van der Waals surface area contributed by atoms with Crippen molar-refractivity contribution in [2.75, 3.05) is 13.2 Å². The zero-order valence-electron chi connectivity index (χ0n) is 19.3. The summed E-state index contributed by atoms with van der Waals surface area (Å²) in [6.07, 6.45) is 11.9. The van der Waals surface area contributed by atoms with Crippen LogP contribution in [0.4, 0.5) is 0 Å². The number of unbranched alkanes of at least 4 members (excludes halogenated alkanes) is 5. The highest BCUT2D eigenvalue weighted by Gasteiger charge is 2.13. The Morgan fingerprint density at radius 2 is 1.18 bits per heavy atom. The second kappa shape index (κ2) is 18.0. The minimum absolute atomic E-state index is 0.0345. The Hall–Kier alpha value is -1.06. The molecule has 0 aromatic rings. The molecule has 0 radical (unpaired) electrons. The Bertz CT molecular complexity index is 390. The molecule has 0 spiro atoms. The maximum atomic E-state index is 11.9. The van der Waals surface area contributed by atoms with Crippen molar-refractivity contribution in [2.24, 2.45) is 17.8 Å². The van der Waals surface area contributed by atoms with Crippen molar-refractivity contribution in [3.05, 3.63) is 0 Å². The van der Waals surface area contributed by atoms with Crippen molar-refractivity contribution < 1.29 is 19.1 Å². The predicted octanol–water partition coefficient (Wildman–Crippen LogP) is 6.70. The summed E-state index contributed by atoms with van der Waals surface area (Å²) in [5, 5.41) is 0. The average molecular weight is 399 g/mol. The molecule has 4 nitrogen and oxygen atoms in total. The Balaban J connectivity index is 3.56. The largest absolute Gasteiger partial charge is 0.466 e. The molecule has 0 saturated heterocycles. The van der Waals surface area contributed by atoms with Crippen molar-refractivity contribution in [1.29, 1.82) is 0 Å². The molecule has 0 saturated carbocycles. The highest BCUT2D eigenvalue weighted by atomic mass is 16.5. The summed E-state index contributed by atoms with van der Waals surface area (Å²) in [6, 6.07) is 0. The first kappa shape index (κ1) is 26.9. The van der Waals surface area contributed by atoms with E-state index in [4.69, 9.17) is 9.47 Å². The number of carbonyl (C=O) groups is 2. The summed E-state index contributed by atoms with van der Waals surface area (Å²) in [4.78, 5) is 23.5. The van der Waals surface area contributed by atoms with Crippen LogP contribution in [0.5, 0.6) is 0 Å². The van der Waals surface area contributed by atoms with Gasteiger partial charge in [-0.15, -0.1) is 0 Å². The number of carbonyl (C=O) groups excluding carboxylic acids is 2. The fraction of sp³-hybridized carbons (Fsp3) is 0.917. The van der Waals surface area contributed by atoms with E-state index in [1.165, 1.54) is 25.7 Å². The van der Waals surface area contributed by atoms with Crippen LogP contribution >= 0.6 is 0 Å². The molecule has 0 amide bonds. The molecular weight excluding hydrogens is 352 g/mol. The minimum atomic E-state index is -0.0493. The molecule has 0 rings (SSSR count). The first-order valence-electron chi connectivity index (χ1n) is 11.7. The van der Waals surface area contributed by atoms with E-state index in [0.717, 1.165) is 38.5 Å². The van der Waals surface area contributed by atoms with Gasteiger partial charge in [0.05, 0.1) is 13.2 Å². The fourth-order valence-electron chi connectivity index (χ4n) is 3.04. The highest BCUT2D eigenvalue weighted by Crippen LogP contribution is 2.19. The Kier molecular flexibility index (Phi) is 17.3. The van der Waals surface area contributed by atoms with Gasteiger partial charge >= 0.3 is 11.9 Å². The molecule has 0 aliphatic carbocycles. The van der Waals surface area contributed by atoms with Gasteiger partial charge in [-0.05, 0) is 43.4 Å². The van der Waals surface area contributed by atoms with Gasteiger partial charge in [-0.1, -0.05) is 73.1 Å². The maximum absolute atomic E-state index is 11.9. The zero-order chi connectivity index (χ0) is 21.2. The molecule has 0 aliphatic rings. The lowest BCUT2D eigenvalue weighted by Gasteiger charge is -2.14. The number of hydrogen-bond acceptors (Lipinski definition) is 4. The summed E-state index contributed by atoms with van der Waals surface area (Å²) < 4.78 is 10.6. The van der Waals surface area contributed by atoms with E-state index in [2.05, 4.69) is 34.6 Å². The summed E-state index contributed by atoms with van der Waals surface area (Å²) in [5.41, 5.74) is 0. The molecule has 0 N–H and O–H groups in total. The summed E-state index contributed by atoms with van der Waals surface area (Å²) in [5.74, 6) is 1.52. The molecule has 1 atom stereocenters. The second-order valence-electron chi connectivity index (χ2n) is 8.94. The lowest BCUT2D eigenvalue weighted by Crippen LogP contribution is -2.13. The van der Waals surface area contributed by atoms with Crippen LogP contribution in [0.1, 0.15) is 112 Å². The van der Waals surface area contributed by atoms with Gasteiger partial charge in [0.25, 0.3) is 0 Å². The van der Waals surface area contributed by atoms with Crippen LogP contribution < -0.4 is 0 Å². The highest BCUT2D eigenvalue weighted by molar-refractivity contribution is 5.69. The molecule has 1 unspecified atom stereocenters. The van der Waals surface area contributed by atoms with E-state index in [-0.39, 0.29) is 11.9 Å². The van der Waals surface area contributed by atoms with E-state index < -0.39 is 0 Å². The minimum Gasteiger partial charge on any atom is -0.466 e. The lowest BCUT2D eigenvalue weighted by molar-refractivity contribution is -0.145. The third-order valence-electron chi connectivity index (χ3n) is 5.19. The zero-order valence-corrected chi connectivity index (χ0v) is 19.3. The van der Waals surface area contributed by atoms with Crippen LogP contribution in [0, 0.1) is 17.8 Å². The van der Waals surface area contributed by atoms with Gasteiger partial charge in [-0.25, -0.2) is 0 Å². The lowest BCUT2D eigenvalue weighted by atomic mass is 9.95. The van der Waals surface area contributed by atoms with Crippen molar-refractivity contribution in [3.8, 4) is 0 Å². The van der Waals surface area contributed by atoms with Crippen molar-refractivity contribution in [3.63, 3.8) is 0 Å². The first-order valence-corrected chi connectivity index (χ1v) is 11.7. The topological polar surface area (TPSA) is 52.6 Å². The summed E-state index contributed by atoms with van der Waals surface area (Å²) in [7, 11) is 0. The third-order valence-corrected chi connectivity index (χ3v) is 5.19. The normalized spacial score (nSPS) is 12.4. The van der Waals surface area contributed by atoms with Crippen molar-refractivity contribution in [1.82, 2.24) is 0 Å². The third kappa shape index (κ3) is 18.3. The monoisotopic (exact) mass is 398 g/mol. The quantitative estimate of drug-likeness (QED) is 0.190. The average Bonchev–Trinajstić information content (AvgIpc) is 2.62. The van der Waals surface area contributed by atoms with E-state index in [0.29, 0.717) is 43.8 Å². The molecule has 0 fully saturated rings. The SMILES string of the molecule is CCC(CCCCCCCCC(=O)OCCC(C)C)CC(=O)OCCC(C)C. The molecule has 4 heteroatoms. The molecule has 0 aromatic heterocycles. The molecular formula is C24H46O4. The number of ether oxygens (including phenoxy) is 2. The van der Waals surface area contributed by atoms with Crippen molar-refractivity contribution in [2.45, 2.75) is 112 Å². The van der Waals surface area contributed by atoms with E-state index >= 15 is 0 Å². The van der Waals surface area contributed by atoms with E-state index in [1.807, 2.05) is 0 Å². The smallest absolute Gasteiger partial charge is 0.306 e. The first-order chi connectivity index (χ1) is 13.3. The second-order valence-corrected chi connectivity index (χ2v) is 8.94. The molecule has 0 aliphatic heterocycles. The van der Waals surface area contributed by atoms with Crippen LogP contribution in [-0.2, 0) is 19.1 Å². The van der Waals surface area contributed by atoms with Crippen LogP contribution in [0.15, 0.2) is 0 Å². The Morgan fingerprint density at radius 3 is 1.71 bits per heavy atom. The van der Waals surface area contributed by atoms with E-state index in [1.54, 1.807) is 0 Å². The fourth-order valence-corrected chi connectivity index (χ4v) is 3.04. The molecule has 0 heterocycles. The van der Waals surface area contributed by atoms with Crippen LogP contribution in [0.25, 0.3) is 0 Å². The van der Waals surface area contributed by atoms with E-state index in [9.17, 15) is 9.59 Å². The van der Waals surface area contributed by atoms with Gasteiger partial charge in [0.15, 0.2) is 0 Å². The van der Waals surface area contributed by atoms with Crippen LogP contribution in [-0.4, -0.2) is 25.2 Å².